The molecule has 2 fully saturated rings. The Bertz CT molecular complexity index is 357. The summed E-state index contributed by atoms with van der Waals surface area (Å²) in [6, 6.07) is 0. The summed E-state index contributed by atoms with van der Waals surface area (Å²) in [5.74, 6) is 0.838. The molecule has 0 radical (unpaired) electrons. The second kappa shape index (κ2) is 4.48. The molecule has 0 aromatic carbocycles. The fraction of sp³-hybridized carbons (Fsp3) is 0.846. The van der Waals surface area contributed by atoms with Crippen LogP contribution >= 0.6 is 0 Å². The monoisotopic (exact) mass is 256 g/mol. The highest BCUT2D eigenvalue weighted by Gasteiger charge is 2.51. The highest BCUT2D eigenvalue weighted by atomic mass is 16.8. The predicted octanol–water partition coefficient (Wildman–Crippen LogP) is 0.652. The number of aliphatic hydroxyl groups excluding tert-OH is 1. The third-order valence-electron chi connectivity index (χ3n) is 3.04. The van der Waals surface area contributed by atoms with E-state index in [4.69, 9.17) is 25.4 Å². The Morgan fingerprint density at radius 3 is 2.33 bits per heavy atom. The summed E-state index contributed by atoms with van der Waals surface area (Å²) < 4.78 is 22.7. The Morgan fingerprint density at radius 2 is 1.83 bits per heavy atom. The van der Waals surface area contributed by atoms with Gasteiger partial charge in [-0.1, -0.05) is 5.92 Å². The number of aliphatic hydroxyl groups is 1. The van der Waals surface area contributed by atoms with E-state index >= 15 is 0 Å². The lowest BCUT2D eigenvalue weighted by atomic mass is 10.0. The van der Waals surface area contributed by atoms with E-state index in [1.807, 2.05) is 13.8 Å². The maximum absolute atomic E-state index is 9.81. The molecule has 4 atom stereocenters. The molecule has 1 unspecified atom stereocenters. The summed E-state index contributed by atoms with van der Waals surface area (Å²) in [7, 11) is 0. The first-order chi connectivity index (χ1) is 8.24. The molecule has 0 aromatic heterocycles. The van der Waals surface area contributed by atoms with Crippen LogP contribution in [0, 0.1) is 12.3 Å². The summed E-state index contributed by atoms with van der Waals surface area (Å²) in [6.45, 7) is 7.63. The fourth-order valence-corrected chi connectivity index (χ4v) is 2.32. The van der Waals surface area contributed by atoms with Crippen molar-refractivity contribution in [1.82, 2.24) is 0 Å². The average Bonchev–Trinajstić information content (AvgIpc) is 2.77. The molecular weight excluding hydrogens is 236 g/mol. The topological polar surface area (TPSA) is 57.2 Å². The highest BCUT2D eigenvalue weighted by Crippen LogP contribution is 2.36. The van der Waals surface area contributed by atoms with Gasteiger partial charge in [0.15, 0.2) is 11.6 Å². The van der Waals surface area contributed by atoms with Gasteiger partial charge in [0.2, 0.25) is 0 Å². The summed E-state index contributed by atoms with van der Waals surface area (Å²) in [4.78, 5) is 0. The molecule has 0 spiro atoms. The molecule has 5 heteroatoms. The largest absolute Gasteiger partial charge is 0.378 e. The smallest absolute Gasteiger partial charge is 0.164 e. The van der Waals surface area contributed by atoms with Crippen molar-refractivity contribution in [3.63, 3.8) is 0 Å². The van der Waals surface area contributed by atoms with Crippen molar-refractivity contribution in [2.75, 3.05) is 6.61 Å². The normalized spacial score (nSPS) is 39.4. The van der Waals surface area contributed by atoms with Crippen molar-refractivity contribution in [3.05, 3.63) is 0 Å². The van der Waals surface area contributed by atoms with Gasteiger partial charge in [0.25, 0.3) is 0 Å². The van der Waals surface area contributed by atoms with Crippen molar-refractivity contribution < 1.29 is 24.1 Å². The molecule has 0 aliphatic carbocycles. The number of rotatable bonds is 2. The standard InChI is InChI=1S/C13H20O5/c1-6-8(14)10-11(18-13(4,5)17-10)9-7-15-12(2,3)16-9/h1,8-11,14H,7H2,2-5H3/t8?,9-,10+,11+/m1/s1. The molecule has 2 rings (SSSR count). The Kier molecular flexibility index (Phi) is 3.43. The molecule has 102 valence electrons. The second-order valence-corrected chi connectivity index (χ2v) is 5.54. The maximum atomic E-state index is 9.81. The summed E-state index contributed by atoms with van der Waals surface area (Å²) >= 11 is 0. The van der Waals surface area contributed by atoms with Gasteiger partial charge in [-0.05, 0) is 27.7 Å². The number of terminal acetylenes is 1. The van der Waals surface area contributed by atoms with Crippen LogP contribution in [0.3, 0.4) is 0 Å². The maximum Gasteiger partial charge on any atom is 0.164 e. The van der Waals surface area contributed by atoms with Gasteiger partial charge in [-0.3, -0.25) is 0 Å². The summed E-state index contributed by atoms with van der Waals surface area (Å²) in [5, 5.41) is 9.81. The number of ether oxygens (including phenoxy) is 4. The van der Waals surface area contributed by atoms with Crippen LogP contribution in [0.5, 0.6) is 0 Å². The first-order valence-electron chi connectivity index (χ1n) is 6.06. The molecule has 2 heterocycles. The molecule has 2 aliphatic heterocycles. The van der Waals surface area contributed by atoms with Gasteiger partial charge < -0.3 is 24.1 Å². The van der Waals surface area contributed by atoms with Crippen LogP contribution in [0.25, 0.3) is 0 Å². The Labute approximate surface area is 107 Å². The minimum absolute atomic E-state index is 0.297. The SMILES string of the molecule is C#CC(O)[C@@H]1OC(C)(C)O[C@H]1[C@H]1COC(C)(C)O1. The molecule has 0 saturated carbocycles. The third kappa shape index (κ3) is 2.68. The van der Waals surface area contributed by atoms with Crippen LogP contribution in [0.2, 0.25) is 0 Å². The van der Waals surface area contributed by atoms with Crippen LogP contribution in [-0.2, 0) is 18.9 Å². The molecule has 1 N–H and O–H groups in total. The molecule has 18 heavy (non-hydrogen) atoms. The van der Waals surface area contributed by atoms with Gasteiger partial charge in [0.1, 0.15) is 24.4 Å². The van der Waals surface area contributed by atoms with Crippen molar-refractivity contribution in [2.45, 2.75) is 63.7 Å². The van der Waals surface area contributed by atoms with Gasteiger partial charge in [0, 0.05) is 0 Å². The molecular formula is C13H20O5. The Morgan fingerprint density at radius 1 is 1.17 bits per heavy atom. The second-order valence-electron chi connectivity index (χ2n) is 5.54. The minimum atomic E-state index is -1.02. The lowest BCUT2D eigenvalue weighted by Gasteiger charge is -2.24. The summed E-state index contributed by atoms with van der Waals surface area (Å²) in [6.07, 6.45) is 2.89. The van der Waals surface area contributed by atoms with E-state index in [-0.39, 0.29) is 6.10 Å². The molecule has 0 aromatic rings. The zero-order valence-electron chi connectivity index (χ0n) is 11.2. The minimum Gasteiger partial charge on any atom is -0.378 e. The van der Waals surface area contributed by atoms with Crippen molar-refractivity contribution in [1.29, 1.82) is 0 Å². The van der Waals surface area contributed by atoms with E-state index in [0.717, 1.165) is 0 Å². The van der Waals surface area contributed by atoms with E-state index in [1.54, 1.807) is 13.8 Å². The molecule has 0 amide bonds. The van der Waals surface area contributed by atoms with Gasteiger partial charge in [-0.15, -0.1) is 6.42 Å². The van der Waals surface area contributed by atoms with E-state index in [1.165, 1.54) is 0 Å². The van der Waals surface area contributed by atoms with Crippen LogP contribution < -0.4 is 0 Å². The van der Waals surface area contributed by atoms with E-state index in [0.29, 0.717) is 6.61 Å². The zero-order chi connectivity index (χ0) is 13.6. The highest BCUT2D eigenvalue weighted by molar-refractivity contribution is 5.04. The van der Waals surface area contributed by atoms with Crippen LogP contribution in [0.1, 0.15) is 27.7 Å². The van der Waals surface area contributed by atoms with Crippen LogP contribution in [-0.4, -0.2) is 47.7 Å². The van der Waals surface area contributed by atoms with E-state index < -0.39 is 29.9 Å². The Balaban J connectivity index is 2.13. The fourth-order valence-electron chi connectivity index (χ4n) is 2.32. The van der Waals surface area contributed by atoms with E-state index in [2.05, 4.69) is 5.92 Å². The lowest BCUT2D eigenvalue weighted by Crippen LogP contribution is -2.43. The first-order valence-corrected chi connectivity index (χ1v) is 6.06. The van der Waals surface area contributed by atoms with Gasteiger partial charge in [0.05, 0.1) is 6.61 Å². The molecule has 2 aliphatic rings. The zero-order valence-corrected chi connectivity index (χ0v) is 11.2. The van der Waals surface area contributed by atoms with Gasteiger partial charge in [-0.2, -0.15) is 0 Å². The average molecular weight is 256 g/mol. The van der Waals surface area contributed by atoms with Gasteiger partial charge >= 0.3 is 0 Å². The van der Waals surface area contributed by atoms with Crippen LogP contribution in [0.4, 0.5) is 0 Å². The molecule has 0 bridgehead atoms. The first kappa shape index (κ1) is 13.8. The third-order valence-corrected chi connectivity index (χ3v) is 3.04. The van der Waals surface area contributed by atoms with Crippen molar-refractivity contribution >= 4 is 0 Å². The van der Waals surface area contributed by atoms with Crippen LogP contribution in [0.15, 0.2) is 0 Å². The van der Waals surface area contributed by atoms with Gasteiger partial charge in [-0.25, -0.2) is 0 Å². The van der Waals surface area contributed by atoms with Crippen molar-refractivity contribution in [2.24, 2.45) is 0 Å². The Hall–Kier alpha value is -0.640. The summed E-state index contributed by atoms with van der Waals surface area (Å²) in [5.41, 5.74) is 0. The number of hydrogen-bond acceptors (Lipinski definition) is 5. The van der Waals surface area contributed by atoms with E-state index in [9.17, 15) is 5.11 Å². The lowest BCUT2D eigenvalue weighted by molar-refractivity contribution is -0.175. The quantitative estimate of drug-likeness (QED) is 0.735. The molecule has 5 nitrogen and oxygen atoms in total. The predicted molar refractivity (Wildman–Crippen MR) is 63.6 cm³/mol. The molecule has 2 saturated heterocycles. The van der Waals surface area contributed by atoms with Crippen molar-refractivity contribution in [3.8, 4) is 12.3 Å². The number of hydrogen-bond donors (Lipinski definition) is 1.